The molecule has 0 unspecified atom stereocenters. The molecule has 3 aromatic rings. The monoisotopic (exact) mass is 682 g/mol. The van der Waals surface area contributed by atoms with Crippen LogP contribution in [0, 0.1) is 14.4 Å². The molecule has 3 aliphatic rings. The van der Waals surface area contributed by atoms with Gasteiger partial charge >= 0.3 is 0 Å². The number of fused-ring (bicyclic) bond motifs is 1. The average molecular weight is 683 g/mol. The number of aliphatic hydroxyl groups is 1. The van der Waals surface area contributed by atoms with Crippen LogP contribution in [-0.4, -0.2) is 78.6 Å². The van der Waals surface area contributed by atoms with E-state index in [1.165, 1.54) is 11.5 Å². The van der Waals surface area contributed by atoms with Gasteiger partial charge in [-0.15, -0.1) is 0 Å². The van der Waals surface area contributed by atoms with Crippen LogP contribution in [0.2, 0.25) is 0 Å². The third-order valence-corrected chi connectivity index (χ3v) is 8.41. The van der Waals surface area contributed by atoms with Crippen LogP contribution in [0.15, 0.2) is 12.4 Å². The minimum Gasteiger partial charge on any atom is -0.390 e. The van der Waals surface area contributed by atoms with E-state index in [1.807, 2.05) is 13.1 Å². The number of β-amino-alcohol motifs (C(OH)–C–C–N with tert-alkyl or cyclic N) is 1. The van der Waals surface area contributed by atoms with Crippen LogP contribution >= 0.6 is 11.5 Å². The van der Waals surface area contributed by atoms with Gasteiger partial charge in [-0.2, -0.15) is 9.47 Å². The largest absolute Gasteiger partial charge is 0.390 e. The van der Waals surface area contributed by atoms with Crippen molar-refractivity contribution < 1.29 is 30.9 Å². The van der Waals surface area contributed by atoms with Gasteiger partial charge in [0.25, 0.3) is 0 Å². The number of hydrogen-bond donors (Lipinski definition) is 2. The van der Waals surface area contributed by atoms with Gasteiger partial charge in [0.2, 0.25) is 0 Å². The Hall–Kier alpha value is -1.45. The zero-order valence-corrected chi connectivity index (χ0v) is 24.8. The summed E-state index contributed by atoms with van der Waals surface area (Å²) in [4.78, 5) is 13.2. The van der Waals surface area contributed by atoms with E-state index in [9.17, 15) is 5.11 Å². The Balaban J connectivity index is 0.00000152. The van der Waals surface area contributed by atoms with E-state index < -0.39 is 0 Å². The Morgan fingerprint density at radius 2 is 1.83 bits per heavy atom. The number of nitrogens with zero attached hydrogens (tertiary/aromatic N) is 6. The summed E-state index contributed by atoms with van der Waals surface area (Å²) in [7, 11) is 0. The van der Waals surface area contributed by atoms with E-state index >= 15 is 0 Å². The maximum absolute atomic E-state index is 9.62. The number of nitrogens with one attached hydrogen (secondary N) is 1. The predicted molar refractivity (Wildman–Crippen MR) is 138 cm³/mol. The Kier molecular flexibility index (Phi) is 9.15. The van der Waals surface area contributed by atoms with Crippen molar-refractivity contribution in [3.63, 3.8) is 0 Å². The molecule has 0 aromatic carbocycles. The summed E-state index contributed by atoms with van der Waals surface area (Å²) >= 11 is 1.45. The van der Waals surface area contributed by atoms with Crippen LogP contribution in [0.4, 0.5) is 5.82 Å². The van der Waals surface area contributed by atoms with Crippen molar-refractivity contribution in [2.75, 3.05) is 31.6 Å². The fourth-order valence-corrected chi connectivity index (χ4v) is 6.38. The van der Waals surface area contributed by atoms with Gasteiger partial charge in [0.05, 0.1) is 29.4 Å². The predicted octanol–water partition coefficient (Wildman–Crippen LogP) is 3.38. The van der Waals surface area contributed by atoms with Crippen molar-refractivity contribution >= 4 is 27.6 Å². The first-order chi connectivity index (χ1) is 16.6. The van der Waals surface area contributed by atoms with E-state index in [2.05, 4.69) is 30.6 Å². The minimum absolute atomic E-state index is 0. The standard InChI is InChI=1S/C24H33N7O2S.CH3.W/c1-15-22-23(26-17-2-4-18(5-3-17)30-13-20(32)14-30)27-21(28-24(22)34-29-15)10-16-11-25-31(12-16)19-6-8-33-9-7-19;;/h11-12,17-20,32H,2-10,13-14H2,1H3,(H,26,27,28);1H3;/q;-1;. The molecular weight excluding hydrogens is 646 g/mol. The first-order valence-electron chi connectivity index (χ1n) is 12.5. The first-order valence-corrected chi connectivity index (χ1v) is 13.3. The molecule has 2 N–H and O–H groups in total. The molecule has 5 heterocycles. The fourth-order valence-electron chi connectivity index (χ4n) is 5.58. The quantitative estimate of drug-likeness (QED) is 0.382. The molecule has 2 saturated heterocycles. The summed E-state index contributed by atoms with van der Waals surface area (Å²) in [5.74, 6) is 1.74. The second-order valence-corrected chi connectivity index (χ2v) is 10.8. The molecule has 6 rings (SSSR count). The van der Waals surface area contributed by atoms with Gasteiger partial charge in [0.15, 0.2) is 0 Å². The normalized spacial score (nSPS) is 23.6. The summed E-state index contributed by atoms with van der Waals surface area (Å²) in [6.07, 6.45) is 11.2. The molecule has 0 atom stereocenters. The average Bonchev–Trinajstić information content (AvgIpc) is 3.45. The molecule has 1 aliphatic carbocycles. The van der Waals surface area contributed by atoms with E-state index in [-0.39, 0.29) is 34.6 Å². The Bertz CT molecular complexity index is 1130. The summed E-state index contributed by atoms with van der Waals surface area (Å²) in [6, 6.07) is 1.44. The molecule has 3 fully saturated rings. The van der Waals surface area contributed by atoms with Crippen LogP contribution in [0.3, 0.4) is 0 Å². The SMILES string of the molecule is Cc1nsc2nc(Cc3cnn(C4CCOCC4)c3)nc(NC3CCC(N4CC(O)C4)CC3)c12.[CH3-].[W]. The molecule has 3 aromatic heterocycles. The molecular formula is C25H36N7O2SW-. The van der Waals surface area contributed by atoms with E-state index in [0.29, 0.717) is 24.5 Å². The van der Waals surface area contributed by atoms with E-state index in [1.54, 1.807) is 0 Å². The molecule has 1 saturated carbocycles. The van der Waals surface area contributed by atoms with Gasteiger partial charge in [0.1, 0.15) is 16.5 Å². The number of aliphatic hydroxyl groups excluding tert-OH is 1. The van der Waals surface area contributed by atoms with Crippen molar-refractivity contribution in [2.24, 2.45) is 0 Å². The Morgan fingerprint density at radius 1 is 1.08 bits per heavy atom. The maximum Gasteiger partial charge on any atom is 0.149 e. The molecule has 0 spiro atoms. The van der Waals surface area contributed by atoms with Gasteiger partial charge in [-0.1, -0.05) is 0 Å². The summed E-state index contributed by atoms with van der Waals surface area (Å²) in [5, 5.41) is 19.0. The number of ether oxygens (including phenoxy) is 1. The zero-order chi connectivity index (χ0) is 23.1. The van der Waals surface area contributed by atoms with Crippen molar-refractivity contribution in [1.82, 2.24) is 29.0 Å². The molecule has 0 radical (unpaired) electrons. The molecule has 196 valence electrons. The Morgan fingerprint density at radius 3 is 2.56 bits per heavy atom. The van der Waals surface area contributed by atoms with Crippen LogP contribution < -0.4 is 5.32 Å². The summed E-state index contributed by atoms with van der Waals surface area (Å²) in [6.45, 7) is 5.33. The van der Waals surface area contributed by atoms with Crippen LogP contribution in [-0.2, 0) is 32.2 Å². The number of likely N-dealkylation sites (tertiary alicyclic amines) is 1. The minimum atomic E-state index is -0.124. The van der Waals surface area contributed by atoms with Crippen LogP contribution in [0.1, 0.15) is 61.6 Å². The molecule has 2 aliphatic heterocycles. The van der Waals surface area contributed by atoms with Gasteiger partial charge in [-0.3, -0.25) is 9.58 Å². The number of hydrogen-bond acceptors (Lipinski definition) is 9. The van der Waals surface area contributed by atoms with Crippen molar-refractivity contribution in [3.8, 4) is 0 Å². The number of anilines is 1. The second kappa shape index (κ2) is 11.9. The number of aromatic nitrogens is 5. The molecule has 9 nitrogen and oxygen atoms in total. The van der Waals surface area contributed by atoms with Crippen LogP contribution in [0.25, 0.3) is 10.2 Å². The summed E-state index contributed by atoms with van der Waals surface area (Å²) < 4.78 is 12.1. The molecule has 0 bridgehead atoms. The van der Waals surface area contributed by atoms with Gasteiger partial charge in [-0.25, -0.2) is 9.97 Å². The van der Waals surface area contributed by atoms with Crippen LogP contribution in [0.5, 0.6) is 0 Å². The fraction of sp³-hybridized carbons (Fsp3) is 0.640. The smallest absolute Gasteiger partial charge is 0.149 e. The topological polar surface area (TPSA) is 101 Å². The molecule has 36 heavy (non-hydrogen) atoms. The first kappa shape index (κ1) is 27.6. The van der Waals surface area contributed by atoms with Crippen molar-refractivity contribution in [2.45, 2.75) is 76.1 Å². The Labute approximate surface area is 231 Å². The van der Waals surface area contributed by atoms with E-state index in [0.717, 1.165) is 97.9 Å². The molecule has 11 heteroatoms. The number of aryl methyl sites for hydroxylation is 1. The van der Waals surface area contributed by atoms with Crippen molar-refractivity contribution in [3.05, 3.63) is 36.9 Å². The van der Waals surface area contributed by atoms with Gasteiger partial charge in [-0.05, 0) is 62.5 Å². The second-order valence-electron chi connectivity index (χ2n) is 10.0. The maximum atomic E-state index is 9.62. The third-order valence-electron chi connectivity index (χ3n) is 7.58. The zero-order valence-electron chi connectivity index (χ0n) is 21.1. The summed E-state index contributed by atoms with van der Waals surface area (Å²) in [5.41, 5.74) is 2.12. The van der Waals surface area contributed by atoms with Gasteiger partial charge in [0, 0.05) is 72.1 Å². The van der Waals surface area contributed by atoms with Crippen molar-refractivity contribution in [1.29, 1.82) is 0 Å². The number of rotatable bonds is 6. The molecule has 0 amide bonds. The van der Waals surface area contributed by atoms with Gasteiger partial charge < -0.3 is 22.6 Å². The third kappa shape index (κ3) is 5.83. The van der Waals surface area contributed by atoms with E-state index in [4.69, 9.17) is 14.7 Å².